The van der Waals surface area contributed by atoms with Gasteiger partial charge in [0.1, 0.15) is 5.84 Å². The van der Waals surface area contributed by atoms with Gasteiger partial charge >= 0.3 is 0 Å². The Morgan fingerprint density at radius 3 is 2.62 bits per heavy atom. The van der Waals surface area contributed by atoms with Gasteiger partial charge in [-0.25, -0.2) is 5.84 Å². The molecule has 2 aromatic rings. The molecule has 0 fully saturated rings. The van der Waals surface area contributed by atoms with Gasteiger partial charge in [0.25, 0.3) is 5.91 Å². The third-order valence-corrected chi connectivity index (χ3v) is 2.91. The minimum absolute atomic E-state index is 0.233. The van der Waals surface area contributed by atoms with Gasteiger partial charge in [-0.15, -0.1) is 0 Å². The molecule has 0 unspecified atom stereocenters. The lowest BCUT2D eigenvalue weighted by atomic mass is 10.1. The Morgan fingerprint density at radius 2 is 2.00 bits per heavy atom. The van der Waals surface area contributed by atoms with E-state index in [0.717, 1.165) is 5.56 Å². The molecule has 0 aliphatic heterocycles. The van der Waals surface area contributed by atoms with E-state index in [1.807, 2.05) is 12.1 Å². The molecule has 0 saturated carbocycles. The zero-order valence-electron chi connectivity index (χ0n) is 11.3. The van der Waals surface area contributed by atoms with Gasteiger partial charge in [-0.05, 0) is 23.8 Å². The molecule has 108 valence electrons. The van der Waals surface area contributed by atoms with Crippen LogP contribution < -0.4 is 22.7 Å². The third-order valence-electron chi connectivity index (χ3n) is 2.91. The lowest BCUT2D eigenvalue weighted by molar-refractivity contribution is 0.100. The predicted molar refractivity (Wildman–Crippen MR) is 81.2 cm³/mol. The first kappa shape index (κ1) is 14.5. The second-order valence-electron chi connectivity index (χ2n) is 4.30. The zero-order chi connectivity index (χ0) is 15.2. The van der Waals surface area contributed by atoms with E-state index in [4.69, 9.17) is 17.3 Å². The van der Waals surface area contributed by atoms with E-state index in [0.29, 0.717) is 17.9 Å². The van der Waals surface area contributed by atoms with Gasteiger partial charge in [0.05, 0.1) is 17.8 Å². The van der Waals surface area contributed by atoms with Crippen LogP contribution in [0.5, 0.6) is 0 Å². The number of benzene rings is 1. The number of carbonyl (C=O) groups excluding carboxylic acids is 1. The quantitative estimate of drug-likeness (QED) is 0.209. The minimum atomic E-state index is -0.599. The molecular formula is C14H16N6O. The first-order valence-corrected chi connectivity index (χ1v) is 6.22. The summed E-state index contributed by atoms with van der Waals surface area (Å²) in [6.07, 6.45) is 3.39. The SMILES string of the molecule is NNC(=NCc1cccnc1)c1cccc(C(N)=O)c1N. The molecule has 2 rings (SSSR count). The van der Waals surface area contributed by atoms with E-state index in [1.165, 1.54) is 0 Å². The summed E-state index contributed by atoms with van der Waals surface area (Å²) in [4.78, 5) is 19.7. The van der Waals surface area contributed by atoms with Gasteiger partial charge in [0.2, 0.25) is 0 Å². The fraction of sp³-hybridized carbons (Fsp3) is 0.0714. The number of hydrogen-bond donors (Lipinski definition) is 4. The van der Waals surface area contributed by atoms with Crippen molar-refractivity contribution in [2.24, 2.45) is 16.6 Å². The lowest BCUT2D eigenvalue weighted by Crippen LogP contribution is -2.32. The number of para-hydroxylation sites is 1. The fourth-order valence-electron chi connectivity index (χ4n) is 1.86. The molecule has 0 atom stereocenters. The van der Waals surface area contributed by atoms with Crippen molar-refractivity contribution < 1.29 is 4.79 Å². The zero-order valence-corrected chi connectivity index (χ0v) is 11.3. The van der Waals surface area contributed by atoms with E-state index in [1.54, 1.807) is 30.6 Å². The number of carbonyl (C=O) groups is 1. The Labute approximate surface area is 121 Å². The number of aliphatic imine (C=N–C) groups is 1. The topological polar surface area (TPSA) is 132 Å². The van der Waals surface area contributed by atoms with Gasteiger partial charge < -0.3 is 16.9 Å². The molecule has 1 aromatic carbocycles. The number of primary amides is 1. The second kappa shape index (κ2) is 6.49. The smallest absolute Gasteiger partial charge is 0.250 e. The highest BCUT2D eigenvalue weighted by Crippen LogP contribution is 2.17. The maximum Gasteiger partial charge on any atom is 0.250 e. The molecular weight excluding hydrogens is 268 g/mol. The van der Waals surface area contributed by atoms with Crippen molar-refractivity contribution in [2.75, 3.05) is 5.73 Å². The largest absolute Gasteiger partial charge is 0.397 e. The van der Waals surface area contributed by atoms with Crippen LogP contribution in [-0.2, 0) is 6.54 Å². The van der Waals surface area contributed by atoms with E-state index in [2.05, 4.69) is 15.4 Å². The molecule has 0 aliphatic rings. The van der Waals surface area contributed by atoms with Crippen LogP contribution in [0.25, 0.3) is 0 Å². The molecule has 1 amide bonds. The van der Waals surface area contributed by atoms with Crippen LogP contribution in [0, 0.1) is 0 Å². The van der Waals surface area contributed by atoms with Crippen LogP contribution in [0.2, 0.25) is 0 Å². The molecule has 0 bridgehead atoms. The molecule has 0 aliphatic carbocycles. The highest BCUT2D eigenvalue weighted by Gasteiger charge is 2.13. The van der Waals surface area contributed by atoms with E-state index in [9.17, 15) is 4.79 Å². The van der Waals surface area contributed by atoms with Crippen molar-refractivity contribution in [1.29, 1.82) is 0 Å². The first-order chi connectivity index (χ1) is 10.1. The molecule has 0 saturated heterocycles. The summed E-state index contributed by atoms with van der Waals surface area (Å²) in [5.41, 5.74) is 15.6. The monoisotopic (exact) mass is 284 g/mol. The van der Waals surface area contributed by atoms with E-state index < -0.39 is 5.91 Å². The molecule has 1 aromatic heterocycles. The van der Waals surface area contributed by atoms with Crippen LogP contribution in [0.1, 0.15) is 21.5 Å². The number of nitrogens with two attached hydrogens (primary N) is 3. The number of hydrazine groups is 1. The summed E-state index contributed by atoms with van der Waals surface area (Å²) in [5.74, 6) is 5.27. The standard InChI is InChI=1S/C14H16N6O/c15-12-10(13(16)21)4-1-5-11(12)14(20-17)19-8-9-3-2-6-18-7-9/h1-7H,8,15,17H2,(H2,16,21)(H,19,20). The number of nitrogen functional groups attached to an aromatic ring is 1. The van der Waals surface area contributed by atoms with Gasteiger partial charge in [0, 0.05) is 18.0 Å². The number of pyridine rings is 1. The van der Waals surface area contributed by atoms with Crippen molar-refractivity contribution in [3.63, 3.8) is 0 Å². The maximum absolute atomic E-state index is 11.3. The average Bonchev–Trinajstić information content (AvgIpc) is 2.50. The number of nitrogens with zero attached hydrogens (tertiary/aromatic N) is 2. The minimum Gasteiger partial charge on any atom is -0.397 e. The predicted octanol–water partition coefficient (Wildman–Crippen LogP) is 0.173. The fourth-order valence-corrected chi connectivity index (χ4v) is 1.86. The third kappa shape index (κ3) is 3.34. The van der Waals surface area contributed by atoms with Gasteiger partial charge in [-0.2, -0.15) is 0 Å². The molecule has 7 N–H and O–H groups in total. The summed E-state index contributed by atoms with van der Waals surface area (Å²) in [6, 6.07) is 8.65. The van der Waals surface area contributed by atoms with Crippen molar-refractivity contribution in [3.05, 3.63) is 59.4 Å². The van der Waals surface area contributed by atoms with Gasteiger partial charge in [-0.3, -0.25) is 14.8 Å². The number of anilines is 1. The Bertz CT molecular complexity index is 668. The molecule has 0 spiro atoms. The number of rotatable bonds is 4. The molecule has 7 nitrogen and oxygen atoms in total. The summed E-state index contributed by atoms with van der Waals surface area (Å²) < 4.78 is 0. The number of amides is 1. The Kier molecular flexibility index (Phi) is 4.47. The first-order valence-electron chi connectivity index (χ1n) is 6.22. The normalized spacial score (nSPS) is 11.2. The molecule has 7 heteroatoms. The Hall–Kier alpha value is -2.93. The molecule has 0 radical (unpaired) electrons. The van der Waals surface area contributed by atoms with E-state index >= 15 is 0 Å². The summed E-state index contributed by atoms with van der Waals surface area (Å²) in [6.45, 7) is 0.383. The van der Waals surface area contributed by atoms with E-state index in [-0.39, 0.29) is 11.3 Å². The number of aromatic nitrogens is 1. The molecule has 1 heterocycles. The Balaban J connectivity index is 2.33. The maximum atomic E-state index is 11.3. The van der Waals surface area contributed by atoms with Crippen LogP contribution in [0.15, 0.2) is 47.7 Å². The number of nitrogens with one attached hydrogen (secondary N) is 1. The second-order valence-corrected chi connectivity index (χ2v) is 4.30. The molecule has 21 heavy (non-hydrogen) atoms. The highest BCUT2D eigenvalue weighted by molar-refractivity contribution is 6.08. The van der Waals surface area contributed by atoms with Crippen molar-refractivity contribution >= 4 is 17.4 Å². The average molecular weight is 284 g/mol. The van der Waals surface area contributed by atoms with Crippen LogP contribution in [0.4, 0.5) is 5.69 Å². The highest BCUT2D eigenvalue weighted by atomic mass is 16.1. The van der Waals surface area contributed by atoms with Gasteiger partial charge in [0.15, 0.2) is 0 Å². The summed E-state index contributed by atoms with van der Waals surface area (Å²) in [5, 5.41) is 0. The number of hydrogen-bond acceptors (Lipinski definition) is 5. The lowest BCUT2D eigenvalue weighted by Gasteiger charge is -2.11. The van der Waals surface area contributed by atoms with Crippen molar-refractivity contribution in [2.45, 2.75) is 6.54 Å². The van der Waals surface area contributed by atoms with Crippen molar-refractivity contribution in [3.8, 4) is 0 Å². The van der Waals surface area contributed by atoms with Crippen LogP contribution in [0.3, 0.4) is 0 Å². The summed E-state index contributed by atoms with van der Waals surface area (Å²) >= 11 is 0. The van der Waals surface area contributed by atoms with Gasteiger partial charge in [-0.1, -0.05) is 12.1 Å². The number of amidine groups is 1. The van der Waals surface area contributed by atoms with Crippen molar-refractivity contribution in [1.82, 2.24) is 10.4 Å². The van der Waals surface area contributed by atoms with Crippen LogP contribution >= 0.6 is 0 Å². The summed E-state index contributed by atoms with van der Waals surface area (Å²) in [7, 11) is 0. The Morgan fingerprint density at radius 1 is 1.24 bits per heavy atom. The van der Waals surface area contributed by atoms with Crippen LogP contribution in [-0.4, -0.2) is 16.7 Å².